The second-order valence-corrected chi connectivity index (χ2v) is 5.52. The highest BCUT2D eigenvalue weighted by atomic mass is 32.2. The van der Waals surface area contributed by atoms with E-state index in [0.717, 1.165) is 0 Å². The molecule has 1 aliphatic rings. The number of hydrogen-bond acceptors (Lipinski definition) is 4. The van der Waals surface area contributed by atoms with Crippen molar-refractivity contribution in [2.75, 3.05) is 7.05 Å². The smallest absolute Gasteiger partial charge is 0.298 e. The third-order valence-corrected chi connectivity index (χ3v) is 4.19. The number of nitrogens with one attached hydrogen (secondary N) is 1. The number of sulfonamides is 1. The Hall–Kier alpha value is -0.780. The van der Waals surface area contributed by atoms with Gasteiger partial charge in [0.05, 0.1) is 0 Å². The van der Waals surface area contributed by atoms with Crippen LogP contribution in [-0.4, -0.2) is 32.3 Å². The lowest BCUT2D eigenvalue weighted by molar-refractivity contribution is 0.0820. The predicted octanol–water partition coefficient (Wildman–Crippen LogP) is 0.0889. The fourth-order valence-electron chi connectivity index (χ4n) is 1.03. The number of amidine groups is 1. The maximum absolute atomic E-state index is 11.5. The monoisotopic (exact) mass is 206 g/mol. The molecule has 0 aromatic heterocycles. The van der Waals surface area contributed by atoms with Gasteiger partial charge < -0.3 is 4.74 Å². The van der Waals surface area contributed by atoms with Crippen LogP contribution in [0.3, 0.4) is 0 Å². The maximum Gasteiger partial charge on any atom is 0.298 e. The first kappa shape index (κ1) is 10.3. The van der Waals surface area contributed by atoms with E-state index in [-0.39, 0.29) is 6.02 Å². The highest BCUT2D eigenvalue weighted by molar-refractivity contribution is 7.90. The molecule has 1 rings (SSSR count). The van der Waals surface area contributed by atoms with E-state index in [0.29, 0.717) is 0 Å². The number of rotatable bonds is 0. The molecule has 0 aromatic rings. The molecule has 1 fully saturated rings. The van der Waals surface area contributed by atoms with Gasteiger partial charge in [-0.15, -0.1) is 0 Å². The first-order valence-electron chi connectivity index (χ1n) is 3.97. The highest BCUT2D eigenvalue weighted by Gasteiger charge is 2.43. The minimum Gasteiger partial charge on any atom is -0.457 e. The van der Waals surface area contributed by atoms with Gasteiger partial charge in [-0.1, -0.05) is 0 Å². The molecular formula is C7H14N2O3S. The lowest BCUT2D eigenvalue weighted by atomic mass is 10.1. The van der Waals surface area contributed by atoms with E-state index in [1.54, 1.807) is 20.8 Å². The topological polar surface area (TPSA) is 67.8 Å². The van der Waals surface area contributed by atoms with Crippen molar-refractivity contribution in [3.8, 4) is 0 Å². The molecule has 1 atom stereocenters. The first-order chi connectivity index (χ1) is 5.79. The van der Waals surface area contributed by atoms with Gasteiger partial charge in [-0.25, -0.2) is 18.1 Å². The number of nitrogens with zero attached hydrogens (tertiary/aromatic N) is 1. The van der Waals surface area contributed by atoms with Crippen molar-refractivity contribution in [2.45, 2.75) is 31.6 Å². The molecule has 0 spiro atoms. The fraction of sp³-hybridized carbons (Fsp3) is 0.857. The summed E-state index contributed by atoms with van der Waals surface area (Å²) in [4.78, 5) is 3.68. The zero-order valence-corrected chi connectivity index (χ0v) is 8.97. The van der Waals surface area contributed by atoms with E-state index in [1.165, 1.54) is 7.05 Å². The highest BCUT2D eigenvalue weighted by Crippen LogP contribution is 2.24. The Morgan fingerprint density at radius 2 is 2.08 bits per heavy atom. The van der Waals surface area contributed by atoms with Gasteiger partial charge in [0.1, 0.15) is 10.9 Å². The van der Waals surface area contributed by atoms with Gasteiger partial charge in [-0.05, 0) is 20.8 Å². The van der Waals surface area contributed by atoms with Crippen molar-refractivity contribution in [3.63, 3.8) is 0 Å². The summed E-state index contributed by atoms with van der Waals surface area (Å²) in [6.07, 6.45) is 0. The van der Waals surface area contributed by atoms with Gasteiger partial charge in [0, 0.05) is 7.05 Å². The third-order valence-electron chi connectivity index (χ3n) is 2.24. The number of ether oxygens (including phenoxy) is 1. The van der Waals surface area contributed by atoms with Crippen molar-refractivity contribution in [1.82, 2.24) is 4.72 Å². The molecule has 0 aliphatic carbocycles. The predicted molar refractivity (Wildman–Crippen MR) is 50.0 cm³/mol. The van der Waals surface area contributed by atoms with Gasteiger partial charge >= 0.3 is 0 Å². The fourth-order valence-corrected chi connectivity index (χ4v) is 2.38. The second-order valence-electron chi connectivity index (χ2n) is 3.52. The van der Waals surface area contributed by atoms with Crippen LogP contribution in [0.4, 0.5) is 0 Å². The van der Waals surface area contributed by atoms with E-state index in [1.807, 2.05) is 0 Å². The van der Waals surface area contributed by atoms with Crippen LogP contribution in [-0.2, 0) is 14.8 Å². The standard InChI is InChI=1S/C7H14N2O3S/c1-5-7(2,3)12-6(8-4)9-13(5,10)11/h5H,1-4H3,(H,8,9). The average Bonchev–Trinajstić information content (AvgIpc) is 1.99. The molecule has 0 radical (unpaired) electrons. The maximum atomic E-state index is 11.5. The molecule has 1 N–H and O–H groups in total. The van der Waals surface area contributed by atoms with Crippen molar-refractivity contribution >= 4 is 16.0 Å². The Balaban J connectivity index is 3.10. The Morgan fingerprint density at radius 3 is 2.46 bits per heavy atom. The molecule has 1 saturated heterocycles. The Labute approximate surface area is 78.2 Å². The van der Waals surface area contributed by atoms with Crippen molar-refractivity contribution in [2.24, 2.45) is 4.99 Å². The largest absolute Gasteiger partial charge is 0.457 e. The summed E-state index contributed by atoms with van der Waals surface area (Å²) in [6, 6.07) is 0.0584. The molecule has 6 heteroatoms. The van der Waals surface area contributed by atoms with Crippen LogP contribution in [0.25, 0.3) is 0 Å². The minimum absolute atomic E-state index is 0.0584. The van der Waals surface area contributed by atoms with E-state index in [2.05, 4.69) is 9.71 Å². The van der Waals surface area contributed by atoms with E-state index in [4.69, 9.17) is 4.74 Å². The van der Waals surface area contributed by atoms with Crippen LogP contribution in [0.15, 0.2) is 4.99 Å². The van der Waals surface area contributed by atoms with Gasteiger partial charge in [0.15, 0.2) is 0 Å². The van der Waals surface area contributed by atoms with Gasteiger partial charge in [-0.3, -0.25) is 0 Å². The number of hydrogen-bond donors (Lipinski definition) is 1. The van der Waals surface area contributed by atoms with Crippen LogP contribution < -0.4 is 4.72 Å². The molecular weight excluding hydrogens is 192 g/mol. The molecule has 13 heavy (non-hydrogen) atoms. The lowest BCUT2D eigenvalue weighted by Gasteiger charge is -2.37. The summed E-state index contributed by atoms with van der Waals surface area (Å²) in [6.45, 7) is 5.05. The molecule has 1 unspecified atom stereocenters. The van der Waals surface area contributed by atoms with Crippen LogP contribution in [0.2, 0.25) is 0 Å². The summed E-state index contributed by atoms with van der Waals surface area (Å²) in [5.74, 6) is 0. The SMILES string of the molecule is CN=C1NS(=O)(=O)C(C)C(C)(C)O1. The van der Waals surface area contributed by atoms with Crippen molar-refractivity contribution in [3.05, 3.63) is 0 Å². The molecule has 0 saturated carbocycles. The van der Waals surface area contributed by atoms with Crippen LogP contribution >= 0.6 is 0 Å². The Morgan fingerprint density at radius 1 is 1.54 bits per heavy atom. The third kappa shape index (κ3) is 1.77. The molecule has 5 nitrogen and oxygen atoms in total. The molecule has 76 valence electrons. The van der Waals surface area contributed by atoms with Gasteiger partial charge in [0.2, 0.25) is 10.0 Å². The summed E-state index contributed by atoms with van der Waals surface area (Å²) >= 11 is 0. The van der Waals surface area contributed by atoms with Crippen molar-refractivity contribution < 1.29 is 13.2 Å². The molecule has 0 aromatic carbocycles. The molecule has 1 heterocycles. The van der Waals surface area contributed by atoms with Crippen LogP contribution in [0.1, 0.15) is 20.8 Å². The zero-order chi connectivity index (χ0) is 10.3. The lowest BCUT2D eigenvalue weighted by Crippen LogP contribution is -2.57. The molecule has 1 aliphatic heterocycles. The normalized spacial score (nSPS) is 33.5. The van der Waals surface area contributed by atoms with Crippen LogP contribution in [0.5, 0.6) is 0 Å². The summed E-state index contributed by atoms with van der Waals surface area (Å²) in [7, 11) is -1.86. The Bertz CT molecular complexity index is 332. The minimum atomic E-state index is -3.34. The summed E-state index contributed by atoms with van der Waals surface area (Å²) in [5.41, 5.74) is -0.737. The molecule has 0 bridgehead atoms. The Kier molecular flexibility index (Phi) is 2.27. The quantitative estimate of drug-likeness (QED) is 0.610. The molecule has 0 amide bonds. The van der Waals surface area contributed by atoms with Crippen molar-refractivity contribution in [1.29, 1.82) is 0 Å². The summed E-state index contributed by atoms with van der Waals surface area (Å²) < 4.78 is 30.6. The van der Waals surface area contributed by atoms with Crippen LogP contribution in [0, 0.1) is 0 Å². The summed E-state index contributed by atoms with van der Waals surface area (Å²) in [5, 5.41) is -0.592. The second kappa shape index (κ2) is 2.87. The first-order valence-corrected chi connectivity index (χ1v) is 5.51. The van der Waals surface area contributed by atoms with E-state index < -0.39 is 20.9 Å². The zero-order valence-electron chi connectivity index (χ0n) is 8.16. The average molecular weight is 206 g/mol. The van der Waals surface area contributed by atoms with Gasteiger partial charge in [-0.2, -0.15) is 0 Å². The van der Waals surface area contributed by atoms with Gasteiger partial charge in [0.25, 0.3) is 6.02 Å². The van der Waals surface area contributed by atoms with E-state index in [9.17, 15) is 8.42 Å². The van der Waals surface area contributed by atoms with E-state index >= 15 is 0 Å². The number of aliphatic imine (C=N–C) groups is 1.